The van der Waals surface area contributed by atoms with Crippen molar-refractivity contribution >= 4 is 17.6 Å². The summed E-state index contributed by atoms with van der Waals surface area (Å²) < 4.78 is 27.9. The lowest BCUT2D eigenvalue weighted by atomic mass is 9.66. The van der Waals surface area contributed by atoms with E-state index in [2.05, 4.69) is 56.4 Å². The normalized spacial score (nSPS) is 14.0. The van der Waals surface area contributed by atoms with E-state index < -0.39 is 17.1 Å². The zero-order valence-electron chi connectivity index (χ0n) is 26.7. The summed E-state index contributed by atoms with van der Waals surface area (Å²) in [5, 5.41) is 2.97. The molecule has 0 saturated heterocycles. The van der Waals surface area contributed by atoms with Gasteiger partial charge < -0.3 is 5.32 Å². The Labute approximate surface area is 247 Å². The van der Waals surface area contributed by atoms with Crippen LogP contribution in [0.2, 0.25) is 0 Å². The van der Waals surface area contributed by atoms with E-state index in [4.69, 9.17) is 0 Å². The van der Waals surface area contributed by atoms with Crippen LogP contribution in [0.5, 0.6) is 0 Å². The van der Waals surface area contributed by atoms with Crippen molar-refractivity contribution < 1.29 is 13.6 Å². The number of halogens is 2. The van der Waals surface area contributed by atoms with Crippen molar-refractivity contribution in [2.45, 2.75) is 99.8 Å². The summed E-state index contributed by atoms with van der Waals surface area (Å²) in [6.07, 6.45) is 11.0. The van der Waals surface area contributed by atoms with Crippen molar-refractivity contribution in [3.8, 4) is 0 Å². The largest absolute Gasteiger partial charge is 0.356 e. The molecule has 1 aromatic carbocycles. The number of nitrogens with one attached hydrogen (secondary N) is 1. The fraction of sp³-hybridized carbons (Fsp3) is 0.444. The molecule has 5 heteroatoms. The van der Waals surface area contributed by atoms with E-state index in [1.165, 1.54) is 6.08 Å². The smallest absolute Gasteiger partial charge is 0.181 e. The minimum absolute atomic E-state index is 0.0145. The van der Waals surface area contributed by atoms with Crippen molar-refractivity contribution in [2.24, 2.45) is 10.9 Å². The van der Waals surface area contributed by atoms with Crippen LogP contribution >= 0.6 is 0 Å². The van der Waals surface area contributed by atoms with Gasteiger partial charge in [-0.1, -0.05) is 84.9 Å². The van der Waals surface area contributed by atoms with E-state index in [0.717, 1.165) is 59.9 Å². The third-order valence-electron chi connectivity index (χ3n) is 7.26. The molecule has 0 bridgehead atoms. The van der Waals surface area contributed by atoms with Gasteiger partial charge in [0, 0.05) is 17.8 Å². The Hall–Kier alpha value is -3.34. The minimum Gasteiger partial charge on any atom is -0.356 e. The van der Waals surface area contributed by atoms with Crippen molar-refractivity contribution in [2.75, 3.05) is 0 Å². The number of hydrogen-bond acceptors (Lipinski definition) is 3. The third-order valence-corrected chi connectivity index (χ3v) is 7.26. The molecule has 224 valence electrons. The number of carbonyl (C=O) groups excluding carboxylic acids is 1. The lowest BCUT2D eigenvalue weighted by molar-refractivity contribution is -0.128. The molecular weight excluding hydrogens is 514 g/mol. The van der Waals surface area contributed by atoms with Crippen LogP contribution < -0.4 is 5.32 Å². The molecule has 1 rings (SSSR count). The molecule has 0 atom stereocenters. The molecular formula is C36H50F2N2O. The van der Waals surface area contributed by atoms with Gasteiger partial charge in [0.2, 0.25) is 0 Å². The molecule has 1 aromatic rings. The van der Waals surface area contributed by atoms with E-state index in [0.29, 0.717) is 17.2 Å². The molecule has 0 aliphatic carbocycles. The number of Topliss-reactive ketones (excluding diaryl/α,β-unsaturated/α-hetero) is 1. The number of ketones is 1. The molecule has 0 aliphatic heterocycles. The molecule has 0 fully saturated rings. The molecule has 0 unspecified atom stereocenters. The Bertz CT molecular complexity index is 1250. The summed E-state index contributed by atoms with van der Waals surface area (Å²) in [4.78, 5) is 18.2. The average Bonchev–Trinajstić information content (AvgIpc) is 2.93. The van der Waals surface area contributed by atoms with Gasteiger partial charge in [-0.2, -0.15) is 0 Å². The van der Waals surface area contributed by atoms with Gasteiger partial charge in [-0.05, 0) is 86.9 Å². The van der Waals surface area contributed by atoms with Gasteiger partial charge in [0.15, 0.2) is 11.7 Å². The van der Waals surface area contributed by atoms with E-state index in [9.17, 15) is 13.6 Å². The van der Waals surface area contributed by atoms with Crippen LogP contribution in [-0.2, 0) is 10.2 Å². The first-order valence-electron chi connectivity index (χ1n) is 14.7. The number of carbonyl (C=O) groups is 1. The predicted octanol–water partition coefficient (Wildman–Crippen LogP) is 10.6. The predicted molar refractivity (Wildman–Crippen MR) is 173 cm³/mol. The van der Waals surface area contributed by atoms with Gasteiger partial charge in [-0.3, -0.25) is 9.79 Å². The molecule has 0 aromatic heterocycles. The average molecular weight is 565 g/mol. The third kappa shape index (κ3) is 9.34. The van der Waals surface area contributed by atoms with E-state index in [-0.39, 0.29) is 11.6 Å². The lowest BCUT2D eigenvalue weighted by Crippen LogP contribution is -2.39. The molecule has 3 nitrogen and oxygen atoms in total. The SMILES string of the molecule is C=C(F)/C(F)=C(\C=CC)N/C(C)=C(C)/C(=C\C(=C)c1ccc(C(CCC)(CCC)C(=O)C(C)C)c(C)c1)N=CCC. The number of aryl methyl sites for hydroxylation is 1. The van der Waals surface area contributed by atoms with E-state index in [1.807, 2.05) is 39.8 Å². The number of hydrogen-bond donors (Lipinski definition) is 1. The second kappa shape index (κ2) is 16.8. The second-order valence-corrected chi connectivity index (χ2v) is 10.9. The van der Waals surface area contributed by atoms with Gasteiger partial charge in [-0.25, -0.2) is 8.78 Å². The van der Waals surface area contributed by atoms with Gasteiger partial charge in [0.25, 0.3) is 0 Å². The summed E-state index contributed by atoms with van der Waals surface area (Å²) in [5.41, 5.74) is 5.38. The summed E-state index contributed by atoms with van der Waals surface area (Å²) in [7, 11) is 0. The highest BCUT2D eigenvalue weighted by Crippen LogP contribution is 2.40. The Balaban J connectivity index is 3.64. The fourth-order valence-corrected chi connectivity index (χ4v) is 5.23. The number of rotatable bonds is 16. The second-order valence-electron chi connectivity index (χ2n) is 10.9. The molecule has 1 N–H and O–H groups in total. The van der Waals surface area contributed by atoms with Gasteiger partial charge in [-0.15, -0.1) is 0 Å². The molecule has 41 heavy (non-hydrogen) atoms. The van der Waals surface area contributed by atoms with Crippen molar-refractivity contribution in [3.05, 3.63) is 101 Å². The number of aliphatic imine (C=N–C) groups is 1. The van der Waals surface area contributed by atoms with E-state index >= 15 is 0 Å². The highest BCUT2D eigenvalue weighted by Gasteiger charge is 2.40. The van der Waals surface area contributed by atoms with Crippen LogP contribution in [-0.4, -0.2) is 12.0 Å². The maximum Gasteiger partial charge on any atom is 0.181 e. The Morgan fingerprint density at radius 1 is 1.10 bits per heavy atom. The number of nitrogens with zero attached hydrogens (tertiary/aromatic N) is 1. The van der Waals surface area contributed by atoms with Crippen LogP contribution in [0.25, 0.3) is 5.57 Å². The van der Waals surface area contributed by atoms with E-state index in [1.54, 1.807) is 26.1 Å². The van der Waals surface area contributed by atoms with Crippen LogP contribution in [0.15, 0.2) is 88.9 Å². The summed E-state index contributed by atoms with van der Waals surface area (Å²) in [6, 6.07) is 6.23. The highest BCUT2D eigenvalue weighted by atomic mass is 19.2. The lowest BCUT2D eigenvalue weighted by Gasteiger charge is -2.36. The van der Waals surface area contributed by atoms with Crippen LogP contribution in [0.1, 0.15) is 104 Å². The summed E-state index contributed by atoms with van der Waals surface area (Å²) in [6.45, 7) is 25.1. The molecule has 0 radical (unpaired) electrons. The fourth-order valence-electron chi connectivity index (χ4n) is 5.23. The van der Waals surface area contributed by atoms with Gasteiger partial charge in [0.1, 0.15) is 5.78 Å². The van der Waals surface area contributed by atoms with Crippen molar-refractivity contribution in [3.63, 3.8) is 0 Å². The first-order chi connectivity index (χ1) is 19.3. The zero-order chi connectivity index (χ0) is 31.3. The minimum atomic E-state index is -1.14. The van der Waals surface area contributed by atoms with Crippen LogP contribution in [0.3, 0.4) is 0 Å². The van der Waals surface area contributed by atoms with Crippen molar-refractivity contribution in [1.29, 1.82) is 0 Å². The van der Waals surface area contributed by atoms with Crippen molar-refractivity contribution in [1.82, 2.24) is 5.32 Å². The topological polar surface area (TPSA) is 41.5 Å². The first kappa shape index (κ1) is 35.7. The van der Waals surface area contributed by atoms with Gasteiger partial charge >= 0.3 is 0 Å². The Morgan fingerprint density at radius 3 is 2.17 bits per heavy atom. The van der Waals surface area contributed by atoms with Crippen LogP contribution in [0, 0.1) is 12.8 Å². The summed E-state index contributed by atoms with van der Waals surface area (Å²) >= 11 is 0. The first-order valence-corrected chi connectivity index (χ1v) is 14.7. The number of benzene rings is 1. The Kier molecular flexibility index (Phi) is 14.6. The summed E-state index contributed by atoms with van der Waals surface area (Å²) in [5.74, 6) is -1.93. The van der Waals surface area contributed by atoms with Gasteiger partial charge in [0.05, 0.1) is 16.8 Å². The highest BCUT2D eigenvalue weighted by molar-refractivity contribution is 5.92. The maximum absolute atomic E-state index is 14.4. The molecule has 0 saturated carbocycles. The number of allylic oxidation sites excluding steroid dienone is 8. The molecule has 0 amide bonds. The Morgan fingerprint density at radius 2 is 1.71 bits per heavy atom. The molecule has 0 heterocycles. The standard InChI is InChI=1S/C36H50F2N2O/c1-12-16-32(34(38)28(10)37)40-29(11)27(9)33(39-21-15-4)23-25(7)30-17-18-31(26(8)22-30)36(19-13-2,20-14-3)35(41)24(5)6/h12,16-18,21-24,40H,7,10,13-15,19-20H2,1-6,8-9,11H3/b16-12?,29-27+,33-23+,34-32-,39-21?. The zero-order valence-corrected chi connectivity index (χ0v) is 26.7. The maximum atomic E-state index is 14.4. The molecule has 0 spiro atoms. The quantitative estimate of drug-likeness (QED) is 0.160. The van der Waals surface area contributed by atoms with Crippen LogP contribution in [0.4, 0.5) is 8.78 Å². The monoisotopic (exact) mass is 564 g/mol. The molecule has 0 aliphatic rings.